The summed E-state index contributed by atoms with van der Waals surface area (Å²) in [6.45, 7) is 9.86. The van der Waals surface area contributed by atoms with E-state index in [0.717, 1.165) is 9.40 Å². The molecule has 0 spiro atoms. The summed E-state index contributed by atoms with van der Waals surface area (Å²) in [7, 11) is 0. The molecule has 0 aliphatic heterocycles. The van der Waals surface area contributed by atoms with Gasteiger partial charge in [-0.1, -0.05) is 0 Å². The van der Waals surface area contributed by atoms with Crippen LogP contribution in [0.15, 0.2) is 11.7 Å². The molecule has 0 atom stereocenters. The van der Waals surface area contributed by atoms with E-state index in [1.807, 2.05) is 6.20 Å². The average molecular weight is 540 g/mol. The molecule has 2 heterocycles. The summed E-state index contributed by atoms with van der Waals surface area (Å²) in [4.78, 5) is 11.2. The maximum absolute atomic E-state index is 9.24. The van der Waals surface area contributed by atoms with Crippen molar-refractivity contribution in [3.8, 4) is 0 Å². The van der Waals surface area contributed by atoms with Crippen LogP contribution < -0.4 is 14.1 Å². The van der Waals surface area contributed by atoms with Crippen LogP contribution in [-0.4, -0.2) is 40.1 Å². The molecular weight excluding hydrogens is 499 g/mol. The Hall–Kier alpha value is -0.731. The molecule has 2 aromatic heterocycles. The summed E-state index contributed by atoms with van der Waals surface area (Å²) in [5, 5.41) is 9.24. The molecule has 2 aromatic rings. The van der Waals surface area contributed by atoms with Crippen molar-refractivity contribution in [2.45, 2.75) is 92.5 Å². The zero-order valence-electron chi connectivity index (χ0n) is 19.4. The molecule has 168 valence electrons. The van der Waals surface area contributed by atoms with Crippen molar-refractivity contribution in [1.82, 2.24) is 9.97 Å². The molecule has 3 N–H and O–H groups in total. The Morgan fingerprint density at radius 2 is 1.67 bits per heavy atom. The van der Waals surface area contributed by atoms with Gasteiger partial charge in [-0.2, -0.15) is 0 Å². The molecule has 0 aliphatic carbocycles. The van der Waals surface area contributed by atoms with Crippen LogP contribution in [0.4, 0.5) is 5.82 Å². The first-order chi connectivity index (χ1) is 14.5. The quantitative estimate of drug-likeness (QED) is 0.276. The van der Waals surface area contributed by atoms with Crippen LogP contribution in [0.1, 0.15) is 75.4 Å². The fourth-order valence-electron chi connectivity index (χ4n) is 4.19. The molecule has 0 saturated heterocycles. The van der Waals surface area contributed by atoms with Gasteiger partial charge in [-0.25, -0.2) is 0 Å². The molecule has 0 radical (unpaired) electrons. The summed E-state index contributed by atoms with van der Waals surface area (Å²) in [5.74, 6) is 0.660. The molecule has 0 amide bonds. The van der Waals surface area contributed by atoms with Gasteiger partial charge >= 0.3 is 192 Å². The first-order valence-electron chi connectivity index (χ1n) is 11.7. The Balaban J connectivity index is 2.31. The van der Waals surface area contributed by atoms with E-state index in [4.69, 9.17) is 15.7 Å². The van der Waals surface area contributed by atoms with Crippen LogP contribution >= 0.6 is 11.3 Å². The van der Waals surface area contributed by atoms with E-state index in [-0.39, 0.29) is 6.61 Å². The molecular formula is C23H41N4OSSn+. The first-order valence-corrected chi connectivity index (χ1v) is 20.1. The molecule has 0 saturated carbocycles. The van der Waals surface area contributed by atoms with E-state index in [0.29, 0.717) is 18.8 Å². The number of aromatic nitrogens is 3. The molecule has 30 heavy (non-hydrogen) atoms. The number of anilines is 1. The van der Waals surface area contributed by atoms with E-state index >= 15 is 0 Å². The fourth-order valence-corrected chi connectivity index (χ4v) is 20.0. The Morgan fingerprint density at radius 1 is 1.07 bits per heavy atom. The standard InChI is InChI=1S/C11H14N4OS.3C4H9.Sn/c1-8-10(2-3-16)17-7-15(8)5-9-4-13-6-14-11(9)12;3*1-3-4-2;/h4,7,16H,2-3,5H2,1H3,(H2,12,13,14);3*1,3-4H2,2H3;/q+1;;;;. The monoisotopic (exact) mass is 541 g/mol. The van der Waals surface area contributed by atoms with Crippen LogP contribution in [0.2, 0.25) is 13.3 Å². The third-order valence-electron chi connectivity index (χ3n) is 6.24. The zero-order chi connectivity index (χ0) is 22.0. The SMILES string of the molecule is CCC[CH2][Sn]([CH2]CCC)([CH2]CCC)[c]1ncc(C[n+]2csc(CCO)c2C)c(N)n1. The van der Waals surface area contributed by atoms with Crippen LogP contribution in [0.3, 0.4) is 0 Å². The average Bonchev–Trinajstić information content (AvgIpc) is 3.09. The number of nitrogens with zero attached hydrogens (tertiary/aromatic N) is 3. The Morgan fingerprint density at radius 3 is 2.17 bits per heavy atom. The second-order valence-corrected chi connectivity index (χ2v) is 22.3. The van der Waals surface area contributed by atoms with Crippen LogP contribution in [0.5, 0.6) is 0 Å². The van der Waals surface area contributed by atoms with Crippen molar-refractivity contribution in [2.75, 3.05) is 12.3 Å². The molecule has 0 fully saturated rings. The van der Waals surface area contributed by atoms with Crippen molar-refractivity contribution < 1.29 is 9.67 Å². The maximum atomic E-state index is 9.24. The number of rotatable bonds is 14. The minimum atomic E-state index is -2.65. The van der Waals surface area contributed by atoms with Gasteiger partial charge in [0, 0.05) is 0 Å². The predicted octanol–water partition coefficient (Wildman–Crippen LogP) is 4.36. The number of unbranched alkanes of at least 4 members (excludes halogenated alkanes) is 3. The normalized spacial score (nSPS) is 11.9. The molecule has 0 bridgehead atoms. The van der Waals surface area contributed by atoms with Gasteiger partial charge < -0.3 is 0 Å². The van der Waals surface area contributed by atoms with Crippen molar-refractivity contribution in [3.63, 3.8) is 0 Å². The second kappa shape index (κ2) is 13.0. The van der Waals surface area contributed by atoms with Crippen molar-refractivity contribution in [1.29, 1.82) is 0 Å². The van der Waals surface area contributed by atoms with Gasteiger partial charge in [0.15, 0.2) is 0 Å². The second-order valence-electron chi connectivity index (χ2n) is 8.53. The van der Waals surface area contributed by atoms with Crippen molar-refractivity contribution in [2.24, 2.45) is 0 Å². The van der Waals surface area contributed by atoms with Gasteiger partial charge in [-0.3, -0.25) is 0 Å². The number of aliphatic hydroxyl groups is 1. The van der Waals surface area contributed by atoms with Gasteiger partial charge in [-0.05, 0) is 0 Å². The van der Waals surface area contributed by atoms with Gasteiger partial charge in [0.25, 0.3) is 0 Å². The van der Waals surface area contributed by atoms with Gasteiger partial charge in [0.1, 0.15) is 0 Å². The number of nitrogens with two attached hydrogens (primary N) is 1. The summed E-state index contributed by atoms with van der Waals surface area (Å²) in [6, 6.07) is 0. The van der Waals surface area contributed by atoms with Gasteiger partial charge in [0.2, 0.25) is 0 Å². The molecule has 7 heteroatoms. The molecule has 0 aromatic carbocycles. The summed E-state index contributed by atoms with van der Waals surface area (Å²) in [5.41, 5.74) is 10.8. The molecule has 5 nitrogen and oxygen atoms in total. The topological polar surface area (TPSA) is 75.9 Å². The zero-order valence-corrected chi connectivity index (χ0v) is 23.1. The first kappa shape index (κ1) is 25.5. The Bertz CT molecular complexity index is 759. The van der Waals surface area contributed by atoms with E-state index in [9.17, 15) is 5.11 Å². The predicted molar refractivity (Wildman–Crippen MR) is 130 cm³/mol. The van der Waals surface area contributed by atoms with Gasteiger partial charge in [0.05, 0.1) is 0 Å². The van der Waals surface area contributed by atoms with E-state index < -0.39 is 18.4 Å². The number of hydrogen-bond acceptors (Lipinski definition) is 5. The van der Waals surface area contributed by atoms with E-state index in [2.05, 4.69) is 37.8 Å². The summed E-state index contributed by atoms with van der Waals surface area (Å²) < 4.78 is 7.42. The van der Waals surface area contributed by atoms with Crippen LogP contribution in [-0.2, 0) is 13.0 Å². The number of aliphatic hydroxyl groups excluding tert-OH is 1. The molecule has 0 unspecified atom stereocenters. The molecule has 0 aliphatic rings. The number of nitrogen functional groups attached to an aromatic ring is 1. The fraction of sp³-hybridized carbons (Fsp3) is 0.696. The van der Waals surface area contributed by atoms with E-state index in [1.54, 1.807) is 11.3 Å². The minimum absolute atomic E-state index is 0.184. The Kier molecular flexibility index (Phi) is 11.0. The van der Waals surface area contributed by atoms with Crippen molar-refractivity contribution >= 4 is 39.4 Å². The third kappa shape index (κ3) is 6.63. The van der Waals surface area contributed by atoms with Gasteiger partial charge in [-0.15, -0.1) is 0 Å². The number of hydrogen-bond donors (Lipinski definition) is 2. The summed E-state index contributed by atoms with van der Waals surface area (Å²) in [6.07, 6.45) is 10.3. The van der Waals surface area contributed by atoms with Crippen LogP contribution in [0.25, 0.3) is 0 Å². The van der Waals surface area contributed by atoms with E-state index in [1.165, 1.54) is 62.4 Å². The summed E-state index contributed by atoms with van der Waals surface area (Å²) >= 11 is -0.954. The third-order valence-corrected chi connectivity index (χ3v) is 22.0. The van der Waals surface area contributed by atoms with Crippen molar-refractivity contribution in [3.05, 3.63) is 27.8 Å². The van der Waals surface area contributed by atoms with Crippen LogP contribution in [0, 0.1) is 6.92 Å². The Labute approximate surface area is 191 Å². The number of thiazole rings is 1. The molecule has 2 rings (SSSR count).